The molecule has 1 aromatic heterocycles. The molecule has 1 aromatic carbocycles. The minimum atomic E-state index is 0.464. The van der Waals surface area contributed by atoms with E-state index in [-0.39, 0.29) is 0 Å². The topological polar surface area (TPSA) is 71.9 Å². The molecule has 4 heteroatoms. The number of hydrogen-bond donors (Lipinski definition) is 1. The summed E-state index contributed by atoms with van der Waals surface area (Å²) in [6.07, 6.45) is 3.94. The number of pyridine rings is 1. The van der Waals surface area contributed by atoms with Gasteiger partial charge in [-0.2, -0.15) is 5.26 Å². The van der Waals surface area contributed by atoms with Gasteiger partial charge >= 0.3 is 0 Å². The van der Waals surface area contributed by atoms with E-state index in [4.69, 9.17) is 15.7 Å². The third-order valence-electron chi connectivity index (χ3n) is 2.49. The van der Waals surface area contributed by atoms with E-state index in [0.29, 0.717) is 23.6 Å². The van der Waals surface area contributed by atoms with Crippen LogP contribution in [0.3, 0.4) is 0 Å². The molecule has 0 amide bonds. The van der Waals surface area contributed by atoms with Crippen molar-refractivity contribution in [1.82, 2.24) is 4.98 Å². The second kappa shape index (κ2) is 5.80. The molecule has 90 valence electrons. The average Bonchev–Trinajstić information content (AvgIpc) is 2.42. The number of benzene rings is 1. The Morgan fingerprint density at radius 3 is 2.67 bits per heavy atom. The van der Waals surface area contributed by atoms with Crippen LogP contribution in [0, 0.1) is 11.3 Å². The Balaban J connectivity index is 2.16. The van der Waals surface area contributed by atoms with Crippen molar-refractivity contribution in [2.75, 3.05) is 6.54 Å². The summed E-state index contributed by atoms with van der Waals surface area (Å²) in [6.45, 7) is 0.626. The quantitative estimate of drug-likeness (QED) is 0.888. The Hall–Kier alpha value is -2.38. The van der Waals surface area contributed by atoms with Crippen LogP contribution in [-0.2, 0) is 6.42 Å². The highest BCUT2D eigenvalue weighted by molar-refractivity contribution is 5.43. The Kier molecular flexibility index (Phi) is 3.90. The fourth-order valence-corrected chi connectivity index (χ4v) is 1.57. The van der Waals surface area contributed by atoms with Gasteiger partial charge < -0.3 is 10.5 Å². The summed E-state index contributed by atoms with van der Waals surface area (Å²) in [5.74, 6) is 1.15. The molecule has 0 aliphatic carbocycles. The van der Waals surface area contributed by atoms with Gasteiger partial charge in [0.25, 0.3) is 0 Å². The van der Waals surface area contributed by atoms with Crippen LogP contribution in [0.15, 0.2) is 42.7 Å². The molecule has 1 heterocycles. The molecule has 0 bridgehead atoms. The number of ether oxygens (including phenoxy) is 1. The molecule has 0 saturated carbocycles. The first-order chi connectivity index (χ1) is 8.83. The van der Waals surface area contributed by atoms with Crippen molar-refractivity contribution >= 4 is 0 Å². The van der Waals surface area contributed by atoms with Crippen molar-refractivity contribution in [2.45, 2.75) is 6.42 Å². The lowest BCUT2D eigenvalue weighted by Crippen LogP contribution is -2.02. The maximum absolute atomic E-state index is 8.94. The molecular formula is C14H13N3O. The molecule has 0 fully saturated rings. The van der Waals surface area contributed by atoms with Crippen molar-refractivity contribution < 1.29 is 4.74 Å². The summed E-state index contributed by atoms with van der Waals surface area (Å²) < 4.78 is 5.62. The van der Waals surface area contributed by atoms with Crippen molar-refractivity contribution in [3.63, 3.8) is 0 Å². The maximum atomic E-state index is 8.94. The van der Waals surface area contributed by atoms with Gasteiger partial charge in [-0.05, 0) is 36.7 Å². The standard InChI is InChI=1S/C14H13N3O/c15-7-5-11-1-3-13(4-2-11)18-14-10-17-8-6-12(14)9-16/h1-4,6,8,10H,5,7,15H2. The molecule has 0 radical (unpaired) electrons. The number of rotatable bonds is 4. The number of aromatic nitrogens is 1. The van der Waals surface area contributed by atoms with Crippen LogP contribution < -0.4 is 10.5 Å². The highest BCUT2D eigenvalue weighted by Crippen LogP contribution is 2.23. The van der Waals surface area contributed by atoms with E-state index in [2.05, 4.69) is 11.1 Å². The van der Waals surface area contributed by atoms with E-state index >= 15 is 0 Å². The van der Waals surface area contributed by atoms with Gasteiger partial charge in [0.2, 0.25) is 0 Å². The van der Waals surface area contributed by atoms with Crippen LogP contribution in [-0.4, -0.2) is 11.5 Å². The molecule has 0 saturated heterocycles. The first-order valence-corrected chi connectivity index (χ1v) is 5.64. The summed E-state index contributed by atoms with van der Waals surface area (Å²) in [4.78, 5) is 3.94. The minimum absolute atomic E-state index is 0.464. The molecule has 0 spiro atoms. The van der Waals surface area contributed by atoms with Gasteiger partial charge in [0.05, 0.1) is 11.8 Å². The summed E-state index contributed by atoms with van der Waals surface area (Å²) in [5, 5.41) is 8.94. The first-order valence-electron chi connectivity index (χ1n) is 5.64. The average molecular weight is 239 g/mol. The molecule has 18 heavy (non-hydrogen) atoms. The van der Waals surface area contributed by atoms with Crippen LogP contribution in [0.2, 0.25) is 0 Å². The fraction of sp³-hybridized carbons (Fsp3) is 0.143. The molecule has 0 atom stereocenters. The van der Waals surface area contributed by atoms with Crippen molar-refractivity contribution in [3.8, 4) is 17.6 Å². The highest BCUT2D eigenvalue weighted by atomic mass is 16.5. The van der Waals surface area contributed by atoms with E-state index in [0.717, 1.165) is 12.0 Å². The van der Waals surface area contributed by atoms with Gasteiger partial charge in [-0.15, -0.1) is 0 Å². The molecule has 0 aliphatic rings. The van der Waals surface area contributed by atoms with Crippen LogP contribution >= 0.6 is 0 Å². The third kappa shape index (κ3) is 2.84. The number of nitriles is 1. The van der Waals surface area contributed by atoms with E-state index in [1.54, 1.807) is 12.3 Å². The summed E-state index contributed by atoms with van der Waals surface area (Å²) in [6, 6.07) is 11.3. The Morgan fingerprint density at radius 2 is 2.00 bits per heavy atom. The number of nitrogens with zero attached hydrogens (tertiary/aromatic N) is 2. The highest BCUT2D eigenvalue weighted by Gasteiger charge is 2.04. The lowest BCUT2D eigenvalue weighted by molar-refractivity contribution is 0.478. The second-order valence-electron chi connectivity index (χ2n) is 3.77. The maximum Gasteiger partial charge on any atom is 0.163 e. The van der Waals surface area contributed by atoms with E-state index < -0.39 is 0 Å². The minimum Gasteiger partial charge on any atom is -0.454 e. The van der Waals surface area contributed by atoms with Gasteiger partial charge in [0.1, 0.15) is 11.8 Å². The zero-order valence-corrected chi connectivity index (χ0v) is 9.84. The van der Waals surface area contributed by atoms with Crippen molar-refractivity contribution in [1.29, 1.82) is 5.26 Å². The Morgan fingerprint density at radius 1 is 1.22 bits per heavy atom. The molecule has 0 unspecified atom stereocenters. The lowest BCUT2D eigenvalue weighted by Gasteiger charge is -2.07. The summed E-state index contributed by atoms with van der Waals surface area (Å²) in [7, 11) is 0. The molecular weight excluding hydrogens is 226 g/mol. The van der Waals surface area contributed by atoms with Gasteiger partial charge in [-0.25, -0.2) is 0 Å². The summed E-state index contributed by atoms with van der Waals surface area (Å²) in [5.41, 5.74) is 7.12. The van der Waals surface area contributed by atoms with Crippen molar-refractivity contribution in [3.05, 3.63) is 53.9 Å². The molecule has 0 aliphatic heterocycles. The van der Waals surface area contributed by atoms with E-state index in [9.17, 15) is 0 Å². The first kappa shape index (κ1) is 12.1. The van der Waals surface area contributed by atoms with Crippen LogP contribution in [0.1, 0.15) is 11.1 Å². The fourth-order valence-electron chi connectivity index (χ4n) is 1.57. The van der Waals surface area contributed by atoms with Gasteiger partial charge in [-0.1, -0.05) is 12.1 Å². The zero-order valence-electron chi connectivity index (χ0n) is 9.84. The second-order valence-corrected chi connectivity index (χ2v) is 3.77. The van der Waals surface area contributed by atoms with Gasteiger partial charge in [0, 0.05) is 6.20 Å². The number of nitrogens with two attached hydrogens (primary N) is 1. The molecule has 2 rings (SSSR count). The zero-order chi connectivity index (χ0) is 12.8. The normalized spacial score (nSPS) is 9.78. The molecule has 4 nitrogen and oxygen atoms in total. The van der Waals surface area contributed by atoms with Crippen LogP contribution in [0.4, 0.5) is 0 Å². The summed E-state index contributed by atoms with van der Waals surface area (Å²) >= 11 is 0. The van der Waals surface area contributed by atoms with E-state index in [1.165, 1.54) is 6.20 Å². The third-order valence-corrected chi connectivity index (χ3v) is 2.49. The van der Waals surface area contributed by atoms with Gasteiger partial charge in [-0.3, -0.25) is 4.98 Å². The predicted molar refractivity (Wildman–Crippen MR) is 68.2 cm³/mol. The Bertz CT molecular complexity index is 558. The van der Waals surface area contributed by atoms with Crippen LogP contribution in [0.5, 0.6) is 11.5 Å². The molecule has 2 aromatic rings. The smallest absolute Gasteiger partial charge is 0.163 e. The van der Waals surface area contributed by atoms with Crippen molar-refractivity contribution in [2.24, 2.45) is 5.73 Å². The predicted octanol–water partition coefficient (Wildman–Crippen LogP) is 2.25. The largest absolute Gasteiger partial charge is 0.454 e. The SMILES string of the molecule is N#Cc1ccncc1Oc1ccc(CCN)cc1. The Labute approximate surface area is 106 Å². The van der Waals surface area contributed by atoms with E-state index in [1.807, 2.05) is 24.3 Å². The monoisotopic (exact) mass is 239 g/mol. The lowest BCUT2D eigenvalue weighted by atomic mass is 10.1. The van der Waals surface area contributed by atoms with Gasteiger partial charge in [0.15, 0.2) is 5.75 Å². The molecule has 2 N–H and O–H groups in total. The van der Waals surface area contributed by atoms with Crippen LogP contribution in [0.25, 0.3) is 0 Å². The number of hydrogen-bond acceptors (Lipinski definition) is 4.